The summed E-state index contributed by atoms with van der Waals surface area (Å²) in [5, 5.41) is 3.40. The van der Waals surface area contributed by atoms with Crippen molar-refractivity contribution in [2.24, 2.45) is 0 Å². The van der Waals surface area contributed by atoms with Gasteiger partial charge in [0, 0.05) is 11.6 Å². The number of carbonyl (C=O) groups is 1. The highest BCUT2D eigenvalue weighted by atomic mass is 35.5. The van der Waals surface area contributed by atoms with Gasteiger partial charge in [0.25, 0.3) is 0 Å². The Morgan fingerprint density at radius 3 is 2.27 bits per heavy atom. The van der Waals surface area contributed by atoms with Crippen molar-refractivity contribution in [3.63, 3.8) is 0 Å². The Hall–Kier alpha value is -2.20. The molecule has 0 saturated carbocycles. The van der Waals surface area contributed by atoms with Crippen molar-refractivity contribution < 1.29 is 14.3 Å². The number of nitrogens with one attached hydrogen (secondary N) is 1. The van der Waals surface area contributed by atoms with Crippen molar-refractivity contribution in [3.05, 3.63) is 58.6 Å². The van der Waals surface area contributed by atoms with E-state index in [-0.39, 0.29) is 12.3 Å². The first-order valence-corrected chi connectivity index (χ1v) is 7.22. The molecule has 0 aromatic heterocycles. The SMILES string of the molecule is COc1ccc(CNC(=O)Cc2ccc(OC)cc2Cl)cc1. The number of amides is 1. The summed E-state index contributed by atoms with van der Waals surface area (Å²) in [6, 6.07) is 12.8. The van der Waals surface area contributed by atoms with Crippen molar-refractivity contribution >= 4 is 17.5 Å². The van der Waals surface area contributed by atoms with Gasteiger partial charge in [-0.2, -0.15) is 0 Å². The first kappa shape index (κ1) is 16.2. The van der Waals surface area contributed by atoms with Crippen LogP contribution in [-0.4, -0.2) is 20.1 Å². The fraction of sp³-hybridized carbons (Fsp3) is 0.235. The van der Waals surface area contributed by atoms with E-state index in [9.17, 15) is 4.79 Å². The molecule has 0 aliphatic rings. The van der Waals surface area contributed by atoms with Gasteiger partial charge >= 0.3 is 0 Å². The van der Waals surface area contributed by atoms with Crippen molar-refractivity contribution in [2.45, 2.75) is 13.0 Å². The molecular weight excluding hydrogens is 302 g/mol. The van der Waals surface area contributed by atoms with Crippen molar-refractivity contribution in [2.75, 3.05) is 14.2 Å². The molecule has 0 fully saturated rings. The normalized spacial score (nSPS) is 10.1. The average Bonchev–Trinajstić information content (AvgIpc) is 2.55. The van der Waals surface area contributed by atoms with Crippen LogP contribution in [0.5, 0.6) is 11.5 Å². The summed E-state index contributed by atoms with van der Waals surface area (Å²) in [7, 11) is 3.20. The summed E-state index contributed by atoms with van der Waals surface area (Å²) in [5.41, 5.74) is 1.78. The minimum atomic E-state index is -0.0807. The van der Waals surface area contributed by atoms with Gasteiger partial charge in [-0.25, -0.2) is 0 Å². The number of hydrogen-bond donors (Lipinski definition) is 1. The van der Waals surface area contributed by atoms with Crippen LogP contribution in [0.2, 0.25) is 5.02 Å². The van der Waals surface area contributed by atoms with Crippen LogP contribution in [0, 0.1) is 0 Å². The van der Waals surface area contributed by atoms with Gasteiger partial charge in [0.2, 0.25) is 5.91 Å². The molecule has 0 heterocycles. The Balaban J connectivity index is 1.89. The molecule has 1 amide bonds. The van der Waals surface area contributed by atoms with E-state index >= 15 is 0 Å². The van der Waals surface area contributed by atoms with E-state index in [1.807, 2.05) is 24.3 Å². The second-order valence-electron chi connectivity index (χ2n) is 4.76. The third kappa shape index (κ3) is 4.40. The third-order valence-electron chi connectivity index (χ3n) is 3.26. The maximum Gasteiger partial charge on any atom is 0.224 e. The van der Waals surface area contributed by atoms with Gasteiger partial charge in [-0.15, -0.1) is 0 Å². The standard InChI is InChI=1S/C17H18ClNO3/c1-21-14-6-3-12(4-7-14)11-19-17(20)9-13-5-8-15(22-2)10-16(13)18/h3-8,10H,9,11H2,1-2H3,(H,19,20). The fourth-order valence-corrected chi connectivity index (χ4v) is 2.22. The Morgan fingerprint density at radius 2 is 1.68 bits per heavy atom. The average molecular weight is 320 g/mol. The van der Waals surface area contributed by atoms with E-state index in [0.717, 1.165) is 16.9 Å². The van der Waals surface area contributed by atoms with E-state index in [1.165, 1.54) is 0 Å². The maximum absolute atomic E-state index is 12.0. The molecule has 0 aliphatic carbocycles. The number of methoxy groups -OCH3 is 2. The summed E-state index contributed by atoms with van der Waals surface area (Å²) >= 11 is 6.13. The van der Waals surface area contributed by atoms with Crippen molar-refractivity contribution in [1.29, 1.82) is 0 Å². The zero-order chi connectivity index (χ0) is 15.9. The Morgan fingerprint density at radius 1 is 1.05 bits per heavy atom. The highest BCUT2D eigenvalue weighted by Gasteiger charge is 2.08. The van der Waals surface area contributed by atoms with Crippen molar-refractivity contribution in [1.82, 2.24) is 5.32 Å². The molecular formula is C17H18ClNO3. The zero-order valence-electron chi connectivity index (χ0n) is 12.6. The third-order valence-corrected chi connectivity index (χ3v) is 3.61. The number of rotatable bonds is 6. The number of ether oxygens (including phenoxy) is 2. The van der Waals surface area contributed by atoms with Gasteiger partial charge in [-0.3, -0.25) is 4.79 Å². The number of benzene rings is 2. The van der Waals surface area contributed by atoms with Crippen LogP contribution in [0.3, 0.4) is 0 Å². The lowest BCUT2D eigenvalue weighted by Crippen LogP contribution is -2.24. The van der Waals surface area contributed by atoms with Gasteiger partial charge in [-0.05, 0) is 35.4 Å². The topological polar surface area (TPSA) is 47.6 Å². The summed E-state index contributed by atoms with van der Waals surface area (Å²) in [6.07, 6.45) is 0.235. The van der Waals surface area contributed by atoms with E-state index < -0.39 is 0 Å². The molecule has 2 rings (SSSR count). The van der Waals surface area contributed by atoms with Crippen LogP contribution in [0.15, 0.2) is 42.5 Å². The summed E-state index contributed by atoms with van der Waals surface area (Å²) in [5.74, 6) is 1.38. The summed E-state index contributed by atoms with van der Waals surface area (Å²) in [4.78, 5) is 12.0. The highest BCUT2D eigenvalue weighted by Crippen LogP contribution is 2.22. The monoisotopic (exact) mass is 319 g/mol. The molecule has 0 saturated heterocycles. The Labute approximate surface area is 135 Å². The van der Waals surface area contributed by atoms with Crippen LogP contribution < -0.4 is 14.8 Å². The van der Waals surface area contributed by atoms with Gasteiger partial charge in [0.15, 0.2) is 0 Å². The molecule has 2 aromatic rings. The molecule has 22 heavy (non-hydrogen) atoms. The molecule has 1 N–H and O–H groups in total. The molecule has 0 unspecified atom stereocenters. The van der Waals surface area contributed by atoms with Crippen LogP contribution >= 0.6 is 11.6 Å². The lowest BCUT2D eigenvalue weighted by atomic mass is 10.1. The molecule has 0 aliphatic heterocycles. The maximum atomic E-state index is 12.0. The predicted molar refractivity (Wildman–Crippen MR) is 86.5 cm³/mol. The molecule has 5 heteroatoms. The first-order valence-electron chi connectivity index (χ1n) is 6.84. The summed E-state index contributed by atoms with van der Waals surface area (Å²) < 4.78 is 10.2. The second-order valence-corrected chi connectivity index (χ2v) is 5.17. The fourth-order valence-electron chi connectivity index (χ4n) is 1.98. The number of halogens is 1. The van der Waals surface area contributed by atoms with Crippen LogP contribution in [0.4, 0.5) is 0 Å². The van der Waals surface area contributed by atoms with Crippen LogP contribution in [0.1, 0.15) is 11.1 Å². The Bertz CT molecular complexity index is 641. The molecule has 0 spiro atoms. The summed E-state index contributed by atoms with van der Waals surface area (Å²) in [6.45, 7) is 0.469. The van der Waals surface area contributed by atoms with Gasteiger partial charge in [0.05, 0.1) is 20.6 Å². The van der Waals surface area contributed by atoms with E-state index in [1.54, 1.807) is 32.4 Å². The largest absolute Gasteiger partial charge is 0.497 e. The minimum Gasteiger partial charge on any atom is -0.497 e. The Kier molecular flexibility index (Phi) is 5.67. The lowest BCUT2D eigenvalue weighted by molar-refractivity contribution is -0.120. The quantitative estimate of drug-likeness (QED) is 0.889. The highest BCUT2D eigenvalue weighted by molar-refractivity contribution is 6.31. The zero-order valence-corrected chi connectivity index (χ0v) is 13.3. The van der Waals surface area contributed by atoms with E-state index in [0.29, 0.717) is 17.3 Å². The smallest absolute Gasteiger partial charge is 0.224 e. The molecule has 2 aromatic carbocycles. The van der Waals surface area contributed by atoms with E-state index in [4.69, 9.17) is 21.1 Å². The van der Waals surface area contributed by atoms with Crippen molar-refractivity contribution in [3.8, 4) is 11.5 Å². The molecule has 0 radical (unpaired) electrons. The molecule has 116 valence electrons. The van der Waals surface area contributed by atoms with Gasteiger partial charge in [-0.1, -0.05) is 29.8 Å². The number of carbonyl (C=O) groups excluding carboxylic acids is 1. The first-order chi connectivity index (χ1) is 10.6. The molecule has 0 atom stereocenters. The van der Waals surface area contributed by atoms with Crippen LogP contribution in [-0.2, 0) is 17.8 Å². The second kappa shape index (κ2) is 7.71. The predicted octanol–water partition coefficient (Wildman–Crippen LogP) is 3.22. The van der Waals surface area contributed by atoms with Gasteiger partial charge in [0.1, 0.15) is 11.5 Å². The number of hydrogen-bond acceptors (Lipinski definition) is 3. The van der Waals surface area contributed by atoms with Crippen LogP contribution in [0.25, 0.3) is 0 Å². The van der Waals surface area contributed by atoms with E-state index in [2.05, 4.69) is 5.32 Å². The van der Waals surface area contributed by atoms with Gasteiger partial charge < -0.3 is 14.8 Å². The molecule has 4 nitrogen and oxygen atoms in total. The minimum absolute atomic E-state index is 0.0807. The lowest BCUT2D eigenvalue weighted by Gasteiger charge is -2.08. The molecule has 0 bridgehead atoms.